The van der Waals surface area contributed by atoms with E-state index in [4.69, 9.17) is 14.6 Å². The average molecular weight is 381 g/mol. The Morgan fingerprint density at radius 1 is 1.33 bits per heavy atom. The molecule has 0 spiro atoms. The van der Waals surface area contributed by atoms with Gasteiger partial charge in [0.15, 0.2) is 0 Å². The highest BCUT2D eigenvalue weighted by Gasteiger charge is 2.31. The van der Waals surface area contributed by atoms with Crippen molar-refractivity contribution in [3.05, 3.63) is 11.8 Å². The van der Waals surface area contributed by atoms with E-state index in [1.54, 1.807) is 0 Å². The van der Waals surface area contributed by atoms with Crippen LogP contribution in [0.3, 0.4) is 0 Å². The summed E-state index contributed by atoms with van der Waals surface area (Å²) in [6.45, 7) is 1.81. The van der Waals surface area contributed by atoms with Gasteiger partial charge in [0, 0.05) is 25.3 Å². The number of primary amides is 1. The van der Waals surface area contributed by atoms with Crippen molar-refractivity contribution in [3.63, 3.8) is 0 Å². The van der Waals surface area contributed by atoms with Crippen LogP contribution >= 0.6 is 0 Å². The lowest BCUT2D eigenvalue weighted by molar-refractivity contribution is 0.0182. The Labute approximate surface area is 164 Å². The molecule has 0 aliphatic heterocycles. The molecule has 3 rings (SSSR count). The number of nitrogens with one attached hydrogen (secondary N) is 2. The summed E-state index contributed by atoms with van der Waals surface area (Å²) < 4.78 is 26.8. The molecule has 150 valence electrons. The number of aromatic nitrogens is 2. The van der Waals surface area contributed by atoms with Gasteiger partial charge in [0.25, 0.3) is 5.91 Å². The summed E-state index contributed by atoms with van der Waals surface area (Å²) in [7, 11) is -2.37. The van der Waals surface area contributed by atoms with E-state index in [1.807, 2.05) is 6.92 Å². The zero-order valence-electron chi connectivity index (χ0n) is 18.7. The van der Waals surface area contributed by atoms with E-state index in [0.29, 0.717) is 31.0 Å². The molecule has 8 nitrogen and oxygen atoms in total. The molecule has 0 radical (unpaired) electrons. The molecule has 2 saturated carbocycles. The van der Waals surface area contributed by atoms with Gasteiger partial charge in [0.1, 0.15) is 5.82 Å². The third-order valence-corrected chi connectivity index (χ3v) is 5.52. The Balaban J connectivity index is 1.64. The molecule has 2 fully saturated rings. The van der Waals surface area contributed by atoms with Gasteiger partial charge < -0.3 is 26.2 Å². The van der Waals surface area contributed by atoms with Crippen molar-refractivity contribution in [2.24, 2.45) is 5.73 Å². The van der Waals surface area contributed by atoms with E-state index < -0.39 is 18.5 Å². The highest BCUT2D eigenvalue weighted by molar-refractivity contribution is 5.97. The minimum absolute atomic E-state index is 0.0120. The van der Waals surface area contributed by atoms with Gasteiger partial charge in [0.05, 0.1) is 21.4 Å². The summed E-state index contributed by atoms with van der Waals surface area (Å²) in [6, 6.07) is 0.0752. The Hall–Kier alpha value is -1.93. The number of nitrogens with two attached hydrogens (primary N) is 1. The predicted molar refractivity (Wildman–Crippen MR) is 104 cm³/mol. The molecule has 2 atom stereocenters. The molecule has 0 unspecified atom stereocenters. The van der Waals surface area contributed by atoms with E-state index >= 15 is 0 Å². The lowest BCUT2D eigenvalue weighted by Crippen LogP contribution is -2.38. The Morgan fingerprint density at radius 2 is 2.11 bits per heavy atom. The molecule has 1 amide bonds. The number of anilines is 2. The standard InChI is InChI=1S/C19H31N5O3/c1-19(26)9-3-4-13(10-19)22-17-15(16(20)25)11-21-18(24-17)23-12-5-7-14(27-2)8-6-12/h11-14,26H,3-10H2,1-2H3,(H2,20,25)(H2,21,22,23,24)/t12?,13-,14?,19+/m1/s1/i2D3. The molecule has 2 aliphatic carbocycles. The normalized spacial score (nSPS) is 33.4. The number of ether oxygens (including phenoxy) is 1. The van der Waals surface area contributed by atoms with Crippen LogP contribution in [0.5, 0.6) is 0 Å². The Kier molecular flexibility index (Phi) is 4.99. The minimum Gasteiger partial charge on any atom is -0.390 e. The van der Waals surface area contributed by atoms with E-state index in [9.17, 15) is 9.90 Å². The van der Waals surface area contributed by atoms with Gasteiger partial charge >= 0.3 is 0 Å². The fraction of sp³-hybridized carbons (Fsp3) is 0.737. The molecule has 0 bridgehead atoms. The summed E-state index contributed by atoms with van der Waals surface area (Å²) in [6.07, 6.45) is 6.93. The maximum Gasteiger partial charge on any atom is 0.254 e. The molecule has 2 aliphatic rings. The zero-order valence-corrected chi connectivity index (χ0v) is 15.7. The van der Waals surface area contributed by atoms with Gasteiger partial charge in [0.2, 0.25) is 5.95 Å². The number of amides is 1. The van der Waals surface area contributed by atoms with Crippen LogP contribution in [-0.2, 0) is 4.74 Å². The number of rotatable bonds is 6. The van der Waals surface area contributed by atoms with Crippen LogP contribution in [0.4, 0.5) is 11.8 Å². The number of hydrogen-bond donors (Lipinski definition) is 4. The highest BCUT2D eigenvalue weighted by Crippen LogP contribution is 2.30. The second kappa shape index (κ2) is 8.39. The van der Waals surface area contributed by atoms with E-state index in [2.05, 4.69) is 20.6 Å². The lowest BCUT2D eigenvalue weighted by Gasteiger charge is -2.34. The first kappa shape index (κ1) is 16.1. The third-order valence-electron chi connectivity index (χ3n) is 5.52. The van der Waals surface area contributed by atoms with Crippen molar-refractivity contribution in [2.75, 3.05) is 17.7 Å². The van der Waals surface area contributed by atoms with Crippen LogP contribution in [0.15, 0.2) is 6.20 Å². The molecular formula is C19H31N5O3. The van der Waals surface area contributed by atoms with Gasteiger partial charge in [-0.1, -0.05) is 0 Å². The molecule has 0 aromatic carbocycles. The number of hydrogen-bond acceptors (Lipinski definition) is 7. The molecule has 1 aromatic heterocycles. The average Bonchev–Trinajstić information content (AvgIpc) is 2.61. The van der Waals surface area contributed by atoms with Crippen LogP contribution < -0.4 is 16.4 Å². The first-order valence-electron chi connectivity index (χ1n) is 11.1. The van der Waals surface area contributed by atoms with Crippen molar-refractivity contribution in [2.45, 2.75) is 82.1 Å². The summed E-state index contributed by atoms with van der Waals surface area (Å²) in [5, 5.41) is 16.9. The second-order valence-electron chi connectivity index (χ2n) is 7.99. The summed E-state index contributed by atoms with van der Waals surface area (Å²) >= 11 is 0. The van der Waals surface area contributed by atoms with Crippen molar-refractivity contribution in [1.82, 2.24) is 9.97 Å². The number of methoxy groups -OCH3 is 1. The predicted octanol–water partition coefficient (Wildman–Crippen LogP) is 2.05. The number of carbonyl (C=O) groups is 1. The second-order valence-corrected chi connectivity index (χ2v) is 7.99. The SMILES string of the molecule is [2H]C([2H])([2H])OC1CCC(Nc2ncc(C(N)=O)c(N[C@@H]3CCC[C@](C)(O)C3)n2)CC1. The van der Waals surface area contributed by atoms with Crippen LogP contribution in [0.1, 0.15) is 72.8 Å². The van der Waals surface area contributed by atoms with Crippen molar-refractivity contribution in [3.8, 4) is 0 Å². The van der Waals surface area contributed by atoms with Crippen molar-refractivity contribution in [1.29, 1.82) is 0 Å². The lowest BCUT2D eigenvalue weighted by atomic mass is 9.83. The van der Waals surface area contributed by atoms with Gasteiger partial charge in [-0.3, -0.25) is 4.79 Å². The van der Waals surface area contributed by atoms with E-state index in [0.717, 1.165) is 32.1 Å². The number of carbonyl (C=O) groups excluding carboxylic acids is 1. The fourth-order valence-electron chi connectivity index (χ4n) is 4.03. The fourth-order valence-corrected chi connectivity index (χ4v) is 4.03. The van der Waals surface area contributed by atoms with Gasteiger partial charge in [-0.05, 0) is 58.3 Å². The van der Waals surface area contributed by atoms with Crippen LogP contribution in [-0.4, -0.2) is 51.8 Å². The van der Waals surface area contributed by atoms with Gasteiger partial charge in [-0.2, -0.15) is 4.98 Å². The smallest absolute Gasteiger partial charge is 0.254 e. The molecular weight excluding hydrogens is 346 g/mol. The first-order chi connectivity index (χ1) is 14.0. The van der Waals surface area contributed by atoms with Crippen LogP contribution in [0.25, 0.3) is 0 Å². The van der Waals surface area contributed by atoms with Crippen molar-refractivity contribution >= 4 is 17.7 Å². The summed E-state index contributed by atoms with van der Waals surface area (Å²) in [5.41, 5.74) is 4.95. The summed E-state index contributed by atoms with van der Waals surface area (Å²) in [4.78, 5) is 20.5. The third kappa shape index (κ3) is 5.29. The number of aliphatic hydroxyl groups is 1. The molecule has 27 heavy (non-hydrogen) atoms. The zero-order chi connectivity index (χ0) is 21.9. The summed E-state index contributed by atoms with van der Waals surface area (Å²) in [5.74, 6) is 0.126. The topological polar surface area (TPSA) is 122 Å². The van der Waals surface area contributed by atoms with Gasteiger partial charge in [-0.15, -0.1) is 0 Å². The van der Waals surface area contributed by atoms with Crippen LogP contribution in [0, 0.1) is 0 Å². The van der Waals surface area contributed by atoms with E-state index in [1.165, 1.54) is 6.20 Å². The molecule has 0 saturated heterocycles. The molecule has 1 heterocycles. The largest absolute Gasteiger partial charge is 0.390 e. The first-order valence-corrected chi connectivity index (χ1v) is 9.61. The molecule has 5 N–H and O–H groups in total. The quantitative estimate of drug-likeness (QED) is 0.596. The Morgan fingerprint density at radius 3 is 2.78 bits per heavy atom. The Bertz CT molecular complexity index is 751. The monoisotopic (exact) mass is 380 g/mol. The molecule has 1 aromatic rings. The minimum atomic E-state index is -2.37. The highest BCUT2D eigenvalue weighted by atomic mass is 16.5. The molecule has 8 heteroatoms. The van der Waals surface area contributed by atoms with Crippen LogP contribution in [0.2, 0.25) is 0 Å². The number of nitrogens with zero attached hydrogens (tertiary/aromatic N) is 2. The van der Waals surface area contributed by atoms with Gasteiger partial charge in [-0.25, -0.2) is 4.98 Å². The maximum atomic E-state index is 11.8. The van der Waals surface area contributed by atoms with E-state index in [-0.39, 0.29) is 23.8 Å². The maximum absolute atomic E-state index is 11.8. The van der Waals surface area contributed by atoms with Crippen molar-refractivity contribution < 1.29 is 18.8 Å².